The first-order valence-electron chi connectivity index (χ1n) is 9.62. The zero-order valence-electron chi connectivity index (χ0n) is 17.2. The zero-order chi connectivity index (χ0) is 22.7. The van der Waals surface area contributed by atoms with Gasteiger partial charge in [-0.05, 0) is 44.2 Å². The number of aromatic nitrogens is 5. The number of aryl methyl sites for hydroxylation is 2. The van der Waals surface area contributed by atoms with E-state index in [9.17, 15) is 13.6 Å². The predicted octanol–water partition coefficient (Wildman–Crippen LogP) is 4.50. The second-order valence-electron chi connectivity index (χ2n) is 6.93. The van der Waals surface area contributed by atoms with Crippen LogP contribution in [0, 0.1) is 25.5 Å². The molecule has 2 aromatic heterocycles. The van der Waals surface area contributed by atoms with Crippen molar-refractivity contribution in [3.63, 3.8) is 0 Å². The third-order valence-electron chi connectivity index (χ3n) is 4.46. The van der Waals surface area contributed by atoms with Crippen molar-refractivity contribution in [2.75, 3.05) is 5.32 Å². The third-order valence-corrected chi connectivity index (χ3v) is 5.31. The van der Waals surface area contributed by atoms with Crippen LogP contribution in [0.15, 0.2) is 59.8 Å². The van der Waals surface area contributed by atoms with Gasteiger partial charge in [0.15, 0.2) is 10.9 Å². The van der Waals surface area contributed by atoms with Crippen molar-refractivity contribution in [2.24, 2.45) is 0 Å². The van der Waals surface area contributed by atoms with E-state index in [1.165, 1.54) is 16.4 Å². The van der Waals surface area contributed by atoms with Gasteiger partial charge >= 0.3 is 0 Å². The van der Waals surface area contributed by atoms with Crippen LogP contribution < -0.4 is 5.32 Å². The van der Waals surface area contributed by atoms with Gasteiger partial charge in [0.25, 0.3) is 5.91 Å². The lowest BCUT2D eigenvalue weighted by Crippen LogP contribution is -2.16. The van der Waals surface area contributed by atoms with Gasteiger partial charge in [-0.2, -0.15) is 0 Å². The molecule has 7 nitrogen and oxygen atoms in total. The minimum Gasteiger partial charge on any atom is -0.318 e. The predicted molar refractivity (Wildman–Crippen MR) is 117 cm³/mol. The van der Waals surface area contributed by atoms with E-state index in [2.05, 4.69) is 25.6 Å². The first-order chi connectivity index (χ1) is 15.4. The number of nitrogens with one attached hydrogen (secondary N) is 1. The maximum absolute atomic E-state index is 14.0. The molecule has 0 unspecified atom stereocenters. The highest BCUT2D eigenvalue weighted by molar-refractivity contribution is 7.98. The largest absolute Gasteiger partial charge is 0.318 e. The van der Waals surface area contributed by atoms with Gasteiger partial charge in [-0.3, -0.25) is 4.79 Å². The Balaban J connectivity index is 1.68. The lowest BCUT2D eigenvalue weighted by atomic mass is 10.2. The molecule has 0 aliphatic carbocycles. The summed E-state index contributed by atoms with van der Waals surface area (Å²) in [5, 5.41) is 11.1. The molecule has 0 fully saturated rings. The van der Waals surface area contributed by atoms with Gasteiger partial charge in [-0.15, -0.1) is 5.10 Å². The molecule has 4 aromatic rings. The van der Waals surface area contributed by atoms with Gasteiger partial charge in [0.2, 0.25) is 0 Å². The monoisotopic (exact) mass is 452 g/mol. The molecule has 10 heteroatoms. The van der Waals surface area contributed by atoms with Crippen molar-refractivity contribution in [1.29, 1.82) is 0 Å². The molecule has 2 heterocycles. The molecule has 0 aliphatic rings. The molecular weight excluding hydrogens is 434 g/mol. The lowest BCUT2D eigenvalue weighted by molar-refractivity contribution is 0.102. The highest BCUT2D eigenvalue weighted by Crippen LogP contribution is 2.25. The molecule has 0 saturated carbocycles. The summed E-state index contributed by atoms with van der Waals surface area (Å²) in [7, 11) is 0. The molecule has 1 amide bonds. The van der Waals surface area contributed by atoms with Gasteiger partial charge < -0.3 is 5.32 Å². The van der Waals surface area contributed by atoms with Crippen LogP contribution in [0.3, 0.4) is 0 Å². The van der Waals surface area contributed by atoms with Crippen LogP contribution in [0.1, 0.15) is 27.6 Å². The van der Waals surface area contributed by atoms with E-state index in [0.717, 1.165) is 29.6 Å². The van der Waals surface area contributed by atoms with Crippen LogP contribution in [0.5, 0.6) is 0 Å². The standard InChI is InChI=1S/C22H18F2N6OS/c1-13-10-14(2)26-22(25-13)32-12-19-20(28-29-30(19)16-6-4-3-5-7-16)21(31)27-18-11-15(23)8-9-17(18)24/h3-11H,12H2,1-2H3,(H,27,31). The van der Waals surface area contributed by atoms with Crippen LogP contribution in [-0.2, 0) is 5.75 Å². The molecule has 162 valence electrons. The Morgan fingerprint density at radius 3 is 2.47 bits per heavy atom. The Labute approximate surface area is 186 Å². The summed E-state index contributed by atoms with van der Waals surface area (Å²) in [4.78, 5) is 21.7. The average molecular weight is 452 g/mol. The first kappa shape index (κ1) is 21.6. The SMILES string of the molecule is Cc1cc(C)nc(SCc2c(C(=O)Nc3cc(F)ccc3F)nnn2-c2ccccc2)n1. The number of benzene rings is 2. The number of hydrogen-bond donors (Lipinski definition) is 1. The van der Waals surface area contributed by atoms with E-state index in [1.807, 2.05) is 50.2 Å². The topological polar surface area (TPSA) is 85.6 Å². The van der Waals surface area contributed by atoms with Gasteiger partial charge in [0, 0.05) is 23.2 Å². The van der Waals surface area contributed by atoms with E-state index >= 15 is 0 Å². The highest BCUT2D eigenvalue weighted by Gasteiger charge is 2.22. The molecule has 1 N–H and O–H groups in total. The fraction of sp³-hybridized carbons (Fsp3) is 0.136. The minimum absolute atomic E-state index is 0.00520. The number of amides is 1. The summed E-state index contributed by atoms with van der Waals surface area (Å²) >= 11 is 1.32. The summed E-state index contributed by atoms with van der Waals surface area (Å²) in [5.74, 6) is -1.85. The van der Waals surface area contributed by atoms with Crippen molar-refractivity contribution >= 4 is 23.4 Å². The Kier molecular flexibility index (Phi) is 6.22. The van der Waals surface area contributed by atoms with E-state index in [-0.39, 0.29) is 17.1 Å². The van der Waals surface area contributed by atoms with Gasteiger partial charge in [-0.25, -0.2) is 23.4 Å². The molecule has 0 aliphatic heterocycles. The maximum atomic E-state index is 14.0. The van der Waals surface area contributed by atoms with E-state index in [4.69, 9.17) is 0 Å². The van der Waals surface area contributed by atoms with E-state index < -0.39 is 17.5 Å². The molecule has 0 radical (unpaired) electrons. The van der Waals surface area contributed by atoms with Crippen molar-refractivity contribution in [1.82, 2.24) is 25.0 Å². The number of carbonyl (C=O) groups is 1. The summed E-state index contributed by atoms with van der Waals surface area (Å²) in [6.07, 6.45) is 0. The molecule has 0 spiro atoms. The summed E-state index contributed by atoms with van der Waals surface area (Å²) < 4.78 is 29.1. The quantitative estimate of drug-likeness (QED) is 0.343. The molecule has 4 rings (SSSR count). The highest BCUT2D eigenvalue weighted by atomic mass is 32.2. The van der Waals surface area contributed by atoms with Crippen LogP contribution in [-0.4, -0.2) is 30.9 Å². The summed E-state index contributed by atoms with van der Waals surface area (Å²) in [6, 6.07) is 13.9. The molecule has 0 bridgehead atoms. The van der Waals surface area contributed by atoms with Crippen molar-refractivity contribution in [3.05, 3.63) is 89.0 Å². The van der Waals surface area contributed by atoms with Gasteiger partial charge in [0.1, 0.15) is 11.6 Å². The van der Waals surface area contributed by atoms with Crippen LogP contribution >= 0.6 is 11.8 Å². The van der Waals surface area contributed by atoms with Crippen LogP contribution in [0.25, 0.3) is 5.69 Å². The summed E-state index contributed by atoms with van der Waals surface area (Å²) in [5.41, 5.74) is 2.55. The van der Waals surface area contributed by atoms with Crippen LogP contribution in [0.4, 0.5) is 14.5 Å². The molecule has 2 aromatic carbocycles. The average Bonchev–Trinajstić information content (AvgIpc) is 3.19. The Morgan fingerprint density at radius 1 is 1.03 bits per heavy atom. The Morgan fingerprint density at radius 2 is 1.75 bits per heavy atom. The molecular formula is C22H18F2N6OS. The number of thioether (sulfide) groups is 1. The molecule has 0 atom stereocenters. The lowest BCUT2D eigenvalue weighted by Gasteiger charge is -2.09. The van der Waals surface area contributed by atoms with Crippen LogP contribution in [0.2, 0.25) is 0 Å². The number of nitrogens with zero attached hydrogens (tertiary/aromatic N) is 5. The van der Waals surface area contributed by atoms with Crippen molar-refractivity contribution in [3.8, 4) is 5.69 Å². The normalized spacial score (nSPS) is 10.9. The number of halogens is 2. The van der Waals surface area contributed by atoms with Crippen molar-refractivity contribution < 1.29 is 13.6 Å². The van der Waals surface area contributed by atoms with Crippen molar-refractivity contribution in [2.45, 2.75) is 24.8 Å². The van der Waals surface area contributed by atoms with Gasteiger partial charge in [-0.1, -0.05) is 35.2 Å². The van der Waals surface area contributed by atoms with E-state index in [0.29, 0.717) is 16.5 Å². The Hall–Kier alpha value is -3.66. The minimum atomic E-state index is -0.755. The molecule has 0 saturated heterocycles. The first-order valence-corrected chi connectivity index (χ1v) is 10.6. The molecule has 32 heavy (non-hydrogen) atoms. The smallest absolute Gasteiger partial charge is 0.278 e. The number of rotatable bonds is 6. The Bertz CT molecular complexity index is 1260. The number of hydrogen-bond acceptors (Lipinski definition) is 6. The van der Waals surface area contributed by atoms with Gasteiger partial charge in [0.05, 0.1) is 17.1 Å². The number of carbonyl (C=O) groups excluding carboxylic acids is 1. The number of anilines is 1. The fourth-order valence-electron chi connectivity index (χ4n) is 3.05. The zero-order valence-corrected chi connectivity index (χ0v) is 18.0. The summed E-state index contributed by atoms with van der Waals surface area (Å²) in [6.45, 7) is 3.75. The number of para-hydroxylation sites is 1. The second-order valence-corrected chi connectivity index (χ2v) is 7.87. The third kappa shape index (κ3) is 4.80. The maximum Gasteiger partial charge on any atom is 0.278 e. The van der Waals surface area contributed by atoms with E-state index in [1.54, 1.807) is 0 Å². The fourth-order valence-corrected chi connectivity index (χ4v) is 3.99. The second kappa shape index (κ2) is 9.23.